The van der Waals surface area contributed by atoms with Gasteiger partial charge in [-0.3, -0.25) is 0 Å². The summed E-state index contributed by atoms with van der Waals surface area (Å²) in [4.78, 5) is 24.2. The fraction of sp³-hybridized carbons (Fsp3) is 0.600. The third kappa shape index (κ3) is 4.83. The molecule has 4 nitrogen and oxygen atoms in total. The van der Waals surface area contributed by atoms with Crippen LogP contribution < -0.4 is 0 Å². The van der Waals surface area contributed by atoms with Crippen LogP contribution in [0.4, 0.5) is 0 Å². The molecule has 24 heavy (non-hydrogen) atoms. The molecule has 2 rings (SSSR count). The normalized spacial score (nSPS) is 23.8. The van der Waals surface area contributed by atoms with Gasteiger partial charge in [-0.1, -0.05) is 45.4 Å². The molecule has 1 saturated carbocycles. The van der Waals surface area contributed by atoms with E-state index in [0.717, 1.165) is 18.4 Å². The molecule has 132 valence electrons. The van der Waals surface area contributed by atoms with Crippen LogP contribution in [0, 0.1) is 24.7 Å². The second-order valence-corrected chi connectivity index (χ2v) is 7.25. The first-order valence-electron chi connectivity index (χ1n) is 8.80. The van der Waals surface area contributed by atoms with Gasteiger partial charge >= 0.3 is 11.9 Å². The van der Waals surface area contributed by atoms with Gasteiger partial charge in [0.15, 0.2) is 6.61 Å². The lowest BCUT2D eigenvalue weighted by Gasteiger charge is -2.36. The number of carbonyl (C=O) groups is 2. The van der Waals surface area contributed by atoms with E-state index < -0.39 is 11.9 Å². The van der Waals surface area contributed by atoms with E-state index in [1.165, 1.54) is 6.42 Å². The van der Waals surface area contributed by atoms with E-state index in [-0.39, 0.29) is 12.7 Å². The highest BCUT2D eigenvalue weighted by atomic mass is 16.6. The van der Waals surface area contributed by atoms with Crippen LogP contribution in [-0.2, 0) is 14.3 Å². The lowest BCUT2D eigenvalue weighted by molar-refractivity contribution is -0.159. The van der Waals surface area contributed by atoms with Gasteiger partial charge in [0.05, 0.1) is 5.56 Å². The highest BCUT2D eigenvalue weighted by molar-refractivity contribution is 5.92. The summed E-state index contributed by atoms with van der Waals surface area (Å²) < 4.78 is 10.8. The molecule has 1 aromatic carbocycles. The Morgan fingerprint density at radius 2 is 1.92 bits per heavy atom. The lowest BCUT2D eigenvalue weighted by atomic mass is 9.75. The molecule has 0 saturated heterocycles. The summed E-state index contributed by atoms with van der Waals surface area (Å²) in [5, 5.41) is 0. The van der Waals surface area contributed by atoms with E-state index in [9.17, 15) is 9.59 Å². The topological polar surface area (TPSA) is 52.6 Å². The molecule has 0 N–H and O–H groups in total. The van der Waals surface area contributed by atoms with Gasteiger partial charge in [-0.15, -0.1) is 0 Å². The summed E-state index contributed by atoms with van der Waals surface area (Å²) in [7, 11) is 0. The maximum absolute atomic E-state index is 12.1. The fourth-order valence-corrected chi connectivity index (χ4v) is 3.46. The van der Waals surface area contributed by atoms with E-state index in [0.29, 0.717) is 23.3 Å². The van der Waals surface area contributed by atoms with Crippen molar-refractivity contribution in [2.75, 3.05) is 6.61 Å². The molecule has 0 bridgehead atoms. The Kier molecular flexibility index (Phi) is 6.41. The van der Waals surface area contributed by atoms with Crippen molar-refractivity contribution in [2.45, 2.75) is 53.1 Å². The fourth-order valence-electron chi connectivity index (χ4n) is 3.46. The SMILES string of the molecule is Cc1ccccc1C(=O)OCC(=O)O[C@@H]1C[C@@H](C)CC[C@H]1C(C)C. The molecule has 4 heteroatoms. The average Bonchev–Trinajstić information content (AvgIpc) is 2.53. The predicted octanol–water partition coefficient (Wildman–Crippen LogP) is 4.16. The van der Waals surface area contributed by atoms with Crippen LogP contribution in [0.1, 0.15) is 56.0 Å². The first-order chi connectivity index (χ1) is 11.4. The monoisotopic (exact) mass is 332 g/mol. The molecule has 0 amide bonds. The summed E-state index contributed by atoms with van der Waals surface area (Å²) in [6, 6.07) is 7.17. The number of esters is 2. The van der Waals surface area contributed by atoms with Gasteiger partial charge < -0.3 is 9.47 Å². The lowest BCUT2D eigenvalue weighted by Crippen LogP contribution is -2.36. The minimum Gasteiger partial charge on any atom is -0.460 e. The first kappa shape index (κ1) is 18.5. The predicted molar refractivity (Wildman–Crippen MR) is 92.7 cm³/mol. The highest BCUT2D eigenvalue weighted by Gasteiger charge is 2.33. The Hall–Kier alpha value is -1.84. The van der Waals surface area contributed by atoms with Gasteiger partial charge in [0.25, 0.3) is 0 Å². The van der Waals surface area contributed by atoms with Gasteiger partial charge in [-0.2, -0.15) is 0 Å². The quantitative estimate of drug-likeness (QED) is 0.760. The maximum atomic E-state index is 12.1. The molecule has 1 fully saturated rings. The minimum atomic E-state index is -0.484. The van der Waals surface area contributed by atoms with Crippen LogP contribution in [0.2, 0.25) is 0 Å². The zero-order chi connectivity index (χ0) is 17.7. The van der Waals surface area contributed by atoms with Crippen LogP contribution in [0.5, 0.6) is 0 Å². The third-order valence-electron chi connectivity index (χ3n) is 4.93. The zero-order valence-corrected chi connectivity index (χ0v) is 15.1. The van der Waals surface area contributed by atoms with Gasteiger partial charge in [-0.05, 0) is 49.1 Å². The van der Waals surface area contributed by atoms with Crippen molar-refractivity contribution in [1.29, 1.82) is 0 Å². The highest BCUT2D eigenvalue weighted by Crippen LogP contribution is 2.35. The summed E-state index contributed by atoms with van der Waals surface area (Å²) in [5.74, 6) is 0.485. The maximum Gasteiger partial charge on any atom is 0.344 e. The molecule has 0 radical (unpaired) electrons. The number of ether oxygens (including phenoxy) is 2. The van der Waals surface area contributed by atoms with E-state index in [1.807, 2.05) is 19.1 Å². The largest absolute Gasteiger partial charge is 0.460 e. The standard InChI is InChI=1S/C20H28O4/c1-13(2)16-10-9-14(3)11-18(16)24-19(21)12-23-20(22)17-8-6-5-7-15(17)4/h5-8,13-14,16,18H,9-12H2,1-4H3/t14-,16-,18+/m0/s1. The van der Waals surface area contributed by atoms with Crippen molar-refractivity contribution in [1.82, 2.24) is 0 Å². The number of benzene rings is 1. The summed E-state index contributed by atoms with van der Waals surface area (Å²) in [6.45, 7) is 8.03. The van der Waals surface area contributed by atoms with E-state index >= 15 is 0 Å². The Labute approximate surface area is 144 Å². The van der Waals surface area contributed by atoms with Crippen molar-refractivity contribution in [2.24, 2.45) is 17.8 Å². The van der Waals surface area contributed by atoms with Crippen molar-refractivity contribution in [3.05, 3.63) is 35.4 Å². The second kappa shape index (κ2) is 8.32. The van der Waals surface area contributed by atoms with Gasteiger partial charge in [-0.25, -0.2) is 9.59 Å². The van der Waals surface area contributed by atoms with E-state index in [4.69, 9.17) is 9.47 Å². The molecule has 0 heterocycles. The number of hydrogen-bond acceptors (Lipinski definition) is 4. The van der Waals surface area contributed by atoms with E-state index in [1.54, 1.807) is 12.1 Å². The first-order valence-corrected chi connectivity index (χ1v) is 8.80. The van der Waals surface area contributed by atoms with Crippen LogP contribution in [0.3, 0.4) is 0 Å². The zero-order valence-electron chi connectivity index (χ0n) is 15.1. The van der Waals surface area contributed by atoms with Crippen molar-refractivity contribution in [3.63, 3.8) is 0 Å². The Morgan fingerprint density at radius 3 is 2.58 bits per heavy atom. The minimum absolute atomic E-state index is 0.0709. The number of carbonyl (C=O) groups excluding carboxylic acids is 2. The average molecular weight is 332 g/mol. The molecule has 1 aliphatic rings. The van der Waals surface area contributed by atoms with Crippen LogP contribution in [-0.4, -0.2) is 24.6 Å². The Balaban J connectivity index is 1.88. The molecule has 0 aliphatic heterocycles. The molecule has 3 atom stereocenters. The van der Waals surface area contributed by atoms with Crippen molar-refractivity contribution in [3.8, 4) is 0 Å². The molecule has 1 aromatic rings. The number of aryl methyl sites for hydroxylation is 1. The summed E-state index contributed by atoms with van der Waals surface area (Å²) in [6.07, 6.45) is 3.08. The molecular weight excluding hydrogens is 304 g/mol. The van der Waals surface area contributed by atoms with Crippen LogP contribution >= 0.6 is 0 Å². The van der Waals surface area contributed by atoms with Gasteiger partial charge in [0.2, 0.25) is 0 Å². The van der Waals surface area contributed by atoms with Crippen LogP contribution in [0.25, 0.3) is 0 Å². The Bertz CT molecular complexity index is 579. The molecule has 0 aromatic heterocycles. The molecular formula is C20H28O4. The van der Waals surface area contributed by atoms with E-state index in [2.05, 4.69) is 20.8 Å². The van der Waals surface area contributed by atoms with Crippen molar-refractivity contribution >= 4 is 11.9 Å². The second-order valence-electron chi connectivity index (χ2n) is 7.25. The Morgan fingerprint density at radius 1 is 1.21 bits per heavy atom. The van der Waals surface area contributed by atoms with Crippen LogP contribution in [0.15, 0.2) is 24.3 Å². The smallest absolute Gasteiger partial charge is 0.344 e. The summed E-state index contributed by atoms with van der Waals surface area (Å²) in [5.41, 5.74) is 1.31. The number of hydrogen-bond donors (Lipinski definition) is 0. The third-order valence-corrected chi connectivity index (χ3v) is 4.93. The summed E-state index contributed by atoms with van der Waals surface area (Å²) >= 11 is 0. The molecule has 1 aliphatic carbocycles. The van der Waals surface area contributed by atoms with Gasteiger partial charge in [0.1, 0.15) is 6.10 Å². The molecule has 0 spiro atoms. The van der Waals surface area contributed by atoms with Gasteiger partial charge in [0, 0.05) is 0 Å². The van der Waals surface area contributed by atoms with Crippen molar-refractivity contribution < 1.29 is 19.1 Å². The number of rotatable bonds is 5. The molecule has 0 unspecified atom stereocenters.